The zero-order valence-corrected chi connectivity index (χ0v) is 30.8. The molecule has 0 saturated heterocycles. The van der Waals surface area contributed by atoms with Gasteiger partial charge in [0.25, 0.3) is 0 Å². The Hall–Kier alpha value is -7.50. The number of para-hydroxylation sites is 5. The molecule has 0 aliphatic carbocycles. The predicted octanol–water partition coefficient (Wildman–Crippen LogP) is 13.1. The van der Waals surface area contributed by atoms with Crippen LogP contribution >= 0.6 is 0 Å². The highest BCUT2D eigenvalue weighted by molar-refractivity contribution is 6.17. The highest BCUT2D eigenvalue weighted by atomic mass is 15.2. The molecule has 2 N–H and O–H groups in total. The summed E-state index contributed by atoms with van der Waals surface area (Å²) in [7, 11) is 0. The van der Waals surface area contributed by atoms with E-state index in [-0.39, 0.29) is 0 Å². The summed E-state index contributed by atoms with van der Waals surface area (Å²) < 4.78 is 4.61. The molecule has 268 valence electrons. The number of hydrogen-bond donors (Lipinski definition) is 1. The fourth-order valence-corrected chi connectivity index (χ4v) is 8.20. The van der Waals surface area contributed by atoms with Crippen molar-refractivity contribution in [2.75, 3.05) is 15.5 Å². The summed E-state index contributed by atoms with van der Waals surface area (Å²) in [5.74, 6) is 0.689. The first-order valence-electron chi connectivity index (χ1n) is 19.0. The van der Waals surface area contributed by atoms with Crippen LogP contribution in [0.25, 0.3) is 44.1 Å². The summed E-state index contributed by atoms with van der Waals surface area (Å²) in [6, 6.07) is 75.1. The first kappa shape index (κ1) is 33.1. The van der Waals surface area contributed by atoms with Crippen molar-refractivity contribution in [3.05, 3.63) is 218 Å². The molecule has 0 bridgehead atoms. The van der Waals surface area contributed by atoms with E-state index in [1.165, 1.54) is 5.56 Å². The van der Waals surface area contributed by atoms with Crippen molar-refractivity contribution in [2.24, 2.45) is 0 Å². The Morgan fingerprint density at radius 3 is 1.41 bits per heavy atom. The molecule has 0 aliphatic rings. The van der Waals surface area contributed by atoms with Crippen LogP contribution < -0.4 is 15.5 Å². The molecular weight excluding hydrogens is 683 g/mol. The van der Waals surface area contributed by atoms with Crippen molar-refractivity contribution in [1.29, 1.82) is 0 Å². The van der Waals surface area contributed by atoms with Gasteiger partial charge in [0.1, 0.15) is 5.82 Å². The van der Waals surface area contributed by atoms with Crippen LogP contribution in [0, 0.1) is 0 Å². The molecule has 10 aromatic rings. The maximum absolute atomic E-state index is 7.43. The summed E-state index contributed by atoms with van der Waals surface area (Å²) in [5.41, 5.74) is 19.4. The standard InChI is InChI=1S/C51H39N5/c52-51-50(53(38-21-9-2-10-22-38)36-37-19-7-1-8-20-37)46-34-45-44-33-43(54(39-23-11-3-12-24-39)40-25-13-4-14-26-40)31-32-47(44)55(41-27-15-5-16-28-41)48(45)35-49(46)56(51)42-29-17-6-18-30-42/h1-35H,36,52H2. The first-order valence-corrected chi connectivity index (χ1v) is 19.0. The molecule has 10 rings (SSSR count). The lowest BCUT2D eigenvalue weighted by molar-refractivity contribution is 0.977. The van der Waals surface area contributed by atoms with Crippen molar-refractivity contribution in [1.82, 2.24) is 9.13 Å². The number of nitrogens with zero attached hydrogens (tertiary/aromatic N) is 4. The normalized spacial score (nSPS) is 11.4. The molecule has 0 spiro atoms. The van der Waals surface area contributed by atoms with E-state index in [4.69, 9.17) is 5.73 Å². The van der Waals surface area contributed by atoms with Gasteiger partial charge < -0.3 is 20.1 Å². The molecule has 56 heavy (non-hydrogen) atoms. The largest absolute Gasteiger partial charge is 0.383 e. The molecule has 2 heterocycles. The van der Waals surface area contributed by atoms with Gasteiger partial charge in [-0.25, -0.2) is 0 Å². The lowest BCUT2D eigenvalue weighted by atomic mass is 10.1. The monoisotopic (exact) mass is 721 g/mol. The van der Waals surface area contributed by atoms with E-state index in [1.54, 1.807) is 0 Å². The third kappa shape index (κ3) is 5.74. The van der Waals surface area contributed by atoms with Gasteiger partial charge in [0.05, 0.1) is 22.2 Å². The van der Waals surface area contributed by atoms with Crippen LogP contribution in [0.3, 0.4) is 0 Å². The van der Waals surface area contributed by atoms with E-state index in [0.717, 1.165) is 72.5 Å². The summed E-state index contributed by atoms with van der Waals surface area (Å²) in [6.07, 6.45) is 0. The number of anilines is 6. The lowest BCUT2D eigenvalue weighted by Crippen LogP contribution is -2.18. The van der Waals surface area contributed by atoms with E-state index in [9.17, 15) is 0 Å². The Bertz CT molecular complexity index is 2880. The molecular formula is C51H39N5. The van der Waals surface area contributed by atoms with Gasteiger partial charge in [-0.3, -0.25) is 4.57 Å². The van der Waals surface area contributed by atoms with E-state index in [2.05, 4.69) is 231 Å². The molecule has 0 radical (unpaired) electrons. The zero-order chi connectivity index (χ0) is 37.4. The Labute approximate surface area is 326 Å². The van der Waals surface area contributed by atoms with Gasteiger partial charge in [-0.2, -0.15) is 0 Å². The summed E-state index contributed by atoms with van der Waals surface area (Å²) in [6.45, 7) is 0.653. The molecule has 8 aromatic carbocycles. The average molecular weight is 722 g/mol. The zero-order valence-electron chi connectivity index (χ0n) is 30.8. The topological polar surface area (TPSA) is 42.4 Å². The van der Waals surface area contributed by atoms with Crippen molar-refractivity contribution < 1.29 is 0 Å². The highest BCUT2D eigenvalue weighted by Crippen LogP contribution is 2.47. The van der Waals surface area contributed by atoms with Crippen LogP contribution in [0.4, 0.5) is 34.3 Å². The number of nitrogens with two attached hydrogens (primary N) is 1. The van der Waals surface area contributed by atoms with Gasteiger partial charge in [-0.05, 0) is 96.6 Å². The minimum Gasteiger partial charge on any atom is -0.383 e. The van der Waals surface area contributed by atoms with E-state index < -0.39 is 0 Å². The van der Waals surface area contributed by atoms with Gasteiger partial charge >= 0.3 is 0 Å². The van der Waals surface area contributed by atoms with Crippen LogP contribution in [-0.2, 0) is 6.54 Å². The molecule has 5 nitrogen and oxygen atoms in total. The molecule has 5 heteroatoms. The van der Waals surface area contributed by atoms with E-state index in [1.807, 2.05) is 0 Å². The van der Waals surface area contributed by atoms with Crippen molar-refractivity contribution in [3.8, 4) is 11.4 Å². The summed E-state index contributed by atoms with van der Waals surface area (Å²) in [5, 5.41) is 3.39. The van der Waals surface area contributed by atoms with Crippen LogP contribution in [-0.4, -0.2) is 9.13 Å². The minimum absolute atomic E-state index is 0.653. The first-order chi connectivity index (χ1) is 27.7. The van der Waals surface area contributed by atoms with Gasteiger partial charge in [-0.1, -0.05) is 121 Å². The Morgan fingerprint density at radius 2 is 0.839 bits per heavy atom. The molecule has 2 aromatic heterocycles. The number of aromatic nitrogens is 2. The van der Waals surface area contributed by atoms with Crippen molar-refractivity contribution >= 4 is 67.0 Å². The van der Waals surface area contributed by atoms with Crippen molar-refractivity contribution in [3.63, 3.8) is 0 Å². The van der Waals surface area contributed by atoms with Crippen LogP contribution in [0.2, 0.25) is 0 Å². The number of nitrogen functional groups attached to an aromatic ring is 1. The second-order valence-corrected chi connectivity index (χ2v) is 14.1. The Morgan fingerprint density at radius 1 is 0.375 bits per heavy atom. The second-order valence-electron chi connectivity index (χ2n) is 14.1. The lowest BCUT2D eigenvalue weighted by Gasteiger charge is -2.26. The van der Waals surface area contributed by atoms with E-state index >= 15 is 0 Å². The minimum atomic E-state index is 0.653. The number of hydrogen-bond acceptors (Lipinski definition) is 3. The third-order valence-electron chi connectivity index (χ3n) is 10.7. The SMILES string of the molecule is Nc1c(N(Cc2ccccc2)c2ccccc2)c2cc3c4cc(N(c5ccccc5)c5ccccc5)ccc4n(-c4ccccc4)c3cc2n1-c1ccccc1. The smallest absolute Gasteiger partial charge is 0.133 e. The van der Waals surface area contributed by atoms with Crippen molar-refractivity contribution in [2.45, 2.75) is 6.54 Å². The van der Waals surface area contributed by atoms with Crippen LogP contribution in [0.5, 0.6) is 0 Å². The maximum atomic E-state index is 7.43. The second kappa shape index (κ2) is 14.0. The molecule has 0 saturated carbocycles. The molecule has 0 fully saturated rings. The molecule has 0 amide bonds. The molecule has 0 aliphatic heterocycles. The average Bonchev–Trinajstić information content (AvgIpc) is 3.73. The summed E-state index contributed by atoms with van der Waals surface area (Å²) >= 11 is 0. The quantitative estimate of drug-likeness (QED) is 0.161. The van der Waals surface area contributed by atoms with E-state index in [0.29, 0.717) is 12.4 Å². The summed E-state index contributed by atoms with van der Waals surface area (Å²) in [4.78, 5) is 4.70. The third-order valence-corrected chi connectivity index (χ3v) is 10.7. The highest BCUT2D eigenvalue weighted by Gasteiger charge is 2.26. The molecule has 0 unspecified atom stereocenters. The Kier molecular flexibility index (Phi) is 8.30. The Balaban J connectivity index is 1.30. The number of rotatable bonds is 9. The van der Waals surface area contributed by atoms with Gasteiger partial charge in [0.2, 0.25) is 0 Å². The van der Waals surface area contributed by atoms with Gasteiger partial charge in [-0.15, -0.1) is 0 Å². The molecule has 0 atom stereocenters. The number of fused-ring (bicyclic) bond motifs is 4. The van der Waals surface area contributed by atoms with Crippen LogP contribution in [0.1, 0.15) is 5.56 Å². The number of benzene rings is 8. The van der Waals surface area contributed by atoms with Crippen LogP contribution in [0.15, 0.2) is 212 Å². The van der Waals surface area contributed by atoms with Gasteiger partial charge in [0, 0.05) is 56.8 Å². The predicted molar refractivity (Wildman–Crippen MR) is 235 cm³/mol. The van der Waals surface area contributed by atoms with Gasteiger partial charge in [0.15, 0.2) is 0 Å². The fourth-order valence-electron chi connectivity index (χ4n) is 8.20. The maximum Gasteiger partial charge on any atom is 0.133 e. The fraction of sp³-hybridized carbons (Fsp3) is 0.0196.